The van der Waals surface area contributed by atoms with Gasteiger partial charge in [-0.3, -0.25) is 24.0 Å². The Hall–Kier alpha value is -2.42. The molecule has 1 aromatic heterocycles. The van der Waals surface area contributed by atoms with Gasteiger partial charge in [0.1, 0.15) is 5.69 Å². The quantitative estimate of drug-likeness (QED) is 0.655. The Balaban J connectivity index is 1.34. The number of aryl methyl sites for hydroxylation is 1. The van der Waals surface area contributed by atoms with Crippen molar-refractivity contribution in [2.45, 2.75) is 44.2 Å². The molecule has 4 rings (SSSR count). The molecular weight excluding hydrogens is 372 g/mol. The van der Waals surface area contributed by atoms with Crippen LogP contribution in [0.4, 0.5) is 0 Å². The smallest absolute Gasteiger partial charge is 0.271 e. The summed E-state index contributed by atoms with van der Waals surface area (Å²) in [5.41, 5.74) is 0.425. The number of amides is 3. The molecule has 0 aromatic carbocycles. The van der Waals surface area contributed by atoms with Gasteiger partial charge in [0.25, 0.3) is 5.91 Å². The van der Waals surface area contributed by atoms with E-state index in [1.165, 1.54) is 12.8 Å². The number of hydrogen-bond acceptors (Lipinski definition) is 5. The molecule has 29 heavy (non-hydrogen) atoms. The summed E-state index contributed by atoms with van der Waals surface area (Å²) in [6, 6.07) is 2.14. The summed E-state index contributed by atoms with van der Waals surface area (Å²) >= 11 is 0. The number of nitrogens with zero attached hydrogens (tertiary/aromatic N) is 4. The van der Waals surface area contributed by atoms with Crippen LogP contribution in [0.1, 0.15) is 42.6 Å². The zero-order valence-corrected chi connectivity index (χ0v) is 17.0. The Morgan fingerprint density at radius 2 is 2.03 bits per heavy atom. The van der Waals surface area contributed by atoms with Gasteiger partial charge in [-0.1, -0.05) is 0 Å². The normalized spacial score (nSPS) is 25.1. The van der Waals surface area contributed by atoms with Gasteiger partial charge >= 0.3 is 0 Å². The number of aromatic nitrogens is 2. The maximum Gasteiger partial charge on any atom is 0.271 e. The van der Waals surface area contributed by atoms with E-state index in [0.717, 1.165) is 19.4 Å². The summed E-state index contributed by atoms with van der Waals surface area (Å²) in [6.07, 6.45) is 6.61. The number of hydrogen-bond donors (Lipinski definition) is 2. The Labute approximate surface area is 170 Å². The van der Waals surface area contributed by atoms with Gasteiger partial charge in [0.05, 0.1) is 6.54 Å². The number of likely N-dealkylation sites (tertiary alicyclic amines) is 1. The number of rotatable bonds is 7. The third-order valence-electron chi connectivity index (χ3n) is 6.18. The van der Waals surface area contributed by atoms with Crippen LogP contribution >= 0.6 is 0 Å². The van der Waals surface area contributed by atoms with Crippen LogP contribution in [0.15, 0.2) is 12.3 Å². The molecular formula is C20H30N6O3. The lowest BCUT2D eigenvalue weighted by molar-refractivity contribution is -0.139. The van der Waals surface area contributed by atoms with E-state index in [2.05, 4.69) is 20.6 Å². The van der Waals surface area contributed by atoms with E-state index in [0.29, 0.717) is 37.7 Å². The molecule has 2 N–H and O–H groups in total. The van der Waals surface area contributed by atoms with Gasteiger partial charge in [-0.25, -0.2) is 0 Å². The fourth-order valence-corrected chi connectivity index (χ4v) is 4.37. The first kappa shape index (κ1) is 19.9. The lowest BCUT2D eigenvalue weighted by Crippen LogP contribution is -2.51. The first-order valence-electron chi connectivity index (χ1n) is 10.6. The lowest BCUT2D eigenvalue weighted by Gasteiger charge is -2.32. The lowest BCUT2D eigenvalue weighted by atomic mass is 10.1. The molecule has 2 aliphatic heterocycles. The molecule has 9 heteroatoms. The molecule has 0 unspecified atom stereocenters. The predicted molar refractivity (Wildman–Crippen MR) is 106 cm³/mol. The Bertz CT molecular complexity index is 774. The minimum Gasteiger partial charge on any atom is -0.353 e. The fourth-order valence-electron chi connectivity index (χ4n) is 4.37. The van der Waals surface area contributed by atoms with Crippen molar-refractivity contribution >= 4 is 17.7 Å². The second-order valence-electron chi connectivity index (χ2n) is 8.48. The molecule has 9 nitrogen and oxygen atoms in total. The summed E-state index contributed by atoms with van der Waals surface area (Å²) < 4.78 is 1.62. The molecule has 3 amide bonds. The largest absolute Gasteiger partial charge is 0.353 e. The van der Waals surface area contributed by atoms with Crippen molar-refractivity contribution < 1.29 is 14.4 Å². The molecule has 1 saturated carbocycles. The van der Waals surface area contributed by atoms with Gasteiger partial charge in [0.15, 0.2) is 0 Å². The van der Waals surface area contributed by atoms with E-state index in [-0.39, 0.29) is 36.3 Å². The standard InChI is InChI=1S/C20H30N6O3/c1-24-8-6-17(23-24)20(29)22-11-16-5-4-15(26(16)12-14-2-3-14)10-19(28)25-9-7-21-18(27)13-25/h6,8,14-16H,2-5,7,9-13H2,1H3,(H,21,27)(H,22,29)/t15-,16+/m1/s1. The Kier molecular flexibility index (Phi) is 5.84. The van der Waals surface area contributed by atoms with Crippen LogP contribution in [0, 0.1) is 5.92 Å². The van der Waals surface area contributed by atoms with Crippen molar-refractivity contribution in [3.63, 3.8) is 0 Å². The summed E-state index contributed by atoms with van der Waals surface area (Å²) in [5.74, 6) is 0.529. The highest BCUT2D eigenvalue weighted by Crippen LogP contribution is 2.35. The van der Waals surface area contributed by atoms with Crippen molar-refractivity contribution in [2.24, 2.45) is 13.0 Å². The van der Waals surface area contributed by atoms with Crippen LogP contribution in [-0.2, 0) is 16.6 Å². The van der Waals surface area contributed by atoms with Crippen LogP contribution in [0.5, 0.6) is 0 Å². The molecule has 2 atom stereocenters. The zero-order valence-electron chi connectivity index (χ0n) is 17.0. The summed E-state index contributed by atoms with van der Waals surface area (Å²) in [5, 5.41) is 9.93. The van der Waals surface area contributed by atoms with E-state index in [1.54, 1.807) is 28.9 Å². The van der Waals surface area contributed by atoms with Crippen molar-refractivity contribution in [3.8, 4) is 0 Å². The Morgan fingerprint density at radius 3 is 2.72 bits per heavy atom. The van der Waals surface area contributed by atoms with Crippen LogP contribution < -0.4 is 10.6 Å². The van der Waals surface area contributed by atoms with Gasteiger partial charge < -0.3 is 15.5 Å². The molecule has 3 aliphatic rings. The van der Waals surface area contributed by atoms with Gasteiger partial charge in [0.2, 0.25) is 11.8 Å². The highest BCUT2D eigenvalue weighted by atomic mass is 16.2. The molecule has 2 saturated heterocycles. The van der Waals surface area contributed by atoms with Crippen LogP contribution in [0.3, 0.4) is 0 Å². The number of nitrogens with one attached hydrogen (secondary N) is 2. The van der Waals surface area contributed by atoms with Crippen molar-refractivity contribution in [1.82, 2.24) is 30.2 Å². The fraction of sp³-hybridized carbons (Fsp3) is 0.700. The molecule has 0 bridgehead atoms. The van der Waals surface area contributed by atoms with Crippen molar-refractivity contribution in [1.29, 1.82) is 0 Å². The number of piperazine rings is 1. The van der Waals surface area contributed by atoms with Gasteiger partial charge in [-0.15, -0.1) is 0 Å². The molecule has 3 heterocycles. The van der Waals surface area contributed by atoms with E-state index < -0.39 is 0 Å². The van der Waals surface area contributed by atoms with Gasteiger partial charge in [0, 0.05) is 57.9 Å². The second-order valence-corrected chi connectivity index (χ2v) is 8.48. The molecule has 3 fully saturated rings. The maximum absolute atomic E-state index is 12.7. The minimum atomic E-state index is -0.157. The SMILES string of the molecule is Cn1ccc(C(=O)NC[C@@H]2CC[C@H](CC(=O)N3CCNC(=O)C3)N2CC2CC2)n1. The second kappa shape index (κ2) is 8.52. The third kappa shape index (κ3) is 4.95. The van der Waals surface area contributed by atoms with Crippen LogP contribution in [0.2, 0.25) is 0 Å². The third-order valence-corrected chi connectivity index (χ3v) is 6.18. The van der Waals surface area contributed by atoms with E-state index >= 15 is 0 Å². The summed E-state index contributed by atoms with van der Waals surface area (Å²) in [6.45, 7) is 2.84. The zero-order chi connectivity index (χ0) is 20.4. The van der Waals surface area contributed by atoms with E-state index in [9.17, 15) is 14.4 Å². The van der Waals surface area contributed by atoms with Crippen LogP contribution in [0.25, 0.3) is 0 Å². The number of carbonyl (C=O) groups excluding carboxylic acids is 3. The van der Waals surface area contributed by atoms with E-state index in [4.69, 9.17) is 0 Å². The van der Waals surface area contributed by atoms with E-state index in [1.807, 2.05) is 0 Å². The monoisotopic (exact) mass is 402 g/mol. The van der Waals surface area contributed by atoms with Crippen LogP contribution in [-0.4, -0.2) is 82.1 Å². The Morgan fingerprint density at radius 1 is 1.24 bits per heavy atom. The molecule has 158 valence electrons. The predicted octanol–water partition coefficient (Wildman–Crippen LogP) is -0.259. The van der Waals surface area contributed by atoms with Crippen molar-refractivity contribution in [3.05, 3.63) is 18.0 Å². The van der Waals surface area contributed by atoms with Gasteiger partial charge in [-0.05, 0) is 37.7 Å². The highest BCUT2D eigenvalue weighted by molar-refractivity contribution is 5.92. The first-order chi connectivity index (χ1) is 14.0. The molecule has 0 radical (unpaired) electrons. The van der Waals surface area contributed by atoms with Crippen molar-refractivity contribution in [2.75, 3.05) is 32.7 Å². The maximum atomic E-state index is 12.7. The average Bonchev–Trinajstić information content (AvgIpc) is 3.30. The molecule has 1 aliphatic carbocycles. The number of carbonyl (C=O) groups is 3. The molecule has 0 spiro atoms. The molecule has 1 aromatic rings. The topological polar surface area (TPSA) is 99.6 Å². The summed E-state index contributed by atoms with van der Waals surface area (Å²) in [4.78, 5) is 40.8. The average molecular weight is 402 g/mol. The minimum absolute atomic E-state index is 0.0591. The highest BCUT2D eigenvalue weighted by Gasteiger charge is 2.39. The first-order valence-corrected chi connectivity index (χ1v) is 10.6. The summed E-state index contributed by atoms with van der Waals surface area (Å²) in [7, 11) is 1.79. The van der Waals surface area contributed by atoms with Gasteiger partial charge in [-0.2, -0.15) is 5.10 Å².